The molecular formula is C32H36N2O5. The first-order valence-corrected chi connectivity index (χ1v) is 13.7. The highest BCUT2D eigenvalue weighted by Crippen LogP contribution is 2.36. The summed E-state index contributed by atoms with van der Waals surface area (Å²) in [6.07, 6.45) is 5.26. The molecule has 7 heteroatoms. The van der Waals surface area contributed by atoms with Crippen LogP contribution in [0, 0.1) is 13.8 Å². The van der Waals surface area contributed by atoms with Gasteiger partial charge in [0.05, 0.1) is 7.11 Å². The van der Waals surface area contributed by atoms with Gasteiger partial charge in [-0.2, -0.15) is 0 Å². The van der Waals surface area contributed by atoms with E-state index in [2.05, 4.69) is 5.32 Å². The molecule has 0 spiro atoms. The normalized spacial score (nSPS) is 15.8. The summed E-state index contributed by atoms with van der Waals surface area (Å²) in [4.78, 5) is 30.2. The Morgan fingerprint density at radius 1 is 0.897 bits per heavy atom. The fourth-order valence-corrected chi connectivity index (χ4v) is 5.49. The fourth-order valence-electron chi connectivity index (χ4n) is 5.49. The van der Waals surface area contributed by atoms with E-state index in [4.69, 9.17) is 14.2 Å². The van der Waals surface area contributed by atoms with Crippen molar-refractivity contribution in [3.8, 4) is 17.2 Å². The van der Waals surface area contributed by atoms with E-state index in [9.17, 15) is 9.59 Å². The number of hydrogen-bond donors (Lipinski definition) is 1. The summed E-state index contributed by atoms with van der Waals surface area (Å²) in [5.74, 6) is 1.33. The van der Waals surface area contributed by atoms with Crippen molar-refractivity contribution >= 4 is 17.5 Å². The molecule has 1 aliphatic carbocycles. The summed E-state index contributed by atoms with van der Waals surface area (Å²) in [6, 6.07) is 17.7. The molecule has 5 rings (SSSR count). The van der Waals surface area contributed by atoms with Crippen LogP contribution in [0.3, 0.4) is 0 Å². The highest BCUT2D eigenvalue weighted by molar-refractivity contribution is 6.10. The zero-order valence-corrected chi connectivity index (χ0v) is 22.9. The Hall–Kier alpha value is -4.00. The SMILES string of the molecule is COc1ccc(C(C(=O)NC2CCCCC2)N(C(=O)c2ccc3c(c2)OCCO3)c2ccc(C)cc2C)cc1. The van der Waals surface area contributed by atoms with E-state index in [1.54, 1.807) is 30.2 Å². The maximum Gasteiger partial charge on any atom is 0.259 e. The highest BCUT2D eigenvalue weighted by Gasteiger charge is 2.36. The molecular weight excluding hydrogens is 492 g/mol. The van der Waals surface area contributed by atoms with Crippen molar-refractivity contribution in [2.45, 2.75) is 58.0 Å². The van der Waals surface area contributed by atoms with E-state index in [0.29, 0.717) is 47.3 Å². The lowest BCUT2D eigenvalue weighted by atomic mass is 9.94. The molecule has 7 nitrogen and oxygen atoms in total. The minimum atomic E-state index is -0.889. The van der Waals surface area contributed by atoms with Crippen molar-refractivity contribution in [2.24, 2.45) is 0 Å². The number of nitrogens with one attached hydrogen (secondary N) is 1. The summed E-state index contributed by atoms with van der Waals surface area (Å²) in [5, 5.41) is 3.27. The molecule has 2 amide bonds. The molecule has 1 unspecified atom stereocenters. The summed E-state index contributed by atoms with van der Waals surface area (Å²) in [5.41, 5.74) is 3.79. The Morgan fingerprint density at radius 3 is 2.31 bits per heavy atom. The monoisotopic (exact) mass is 528 g/mol. The van der Waals surface area contributed by atoms with Gasteiger partial charge in [-0.15, -0.1) is 0 Å². The number of rotatable bonds is 7. The van der Waals surface area contributed by atoms with Crippen molar-refractivity contribution < 1.29 is 23.8 Å². The first kappa shape index (κ1) is 26.6. The van der Waals surface area contributed by atoms with Crippen LogP contribution in [0.5, 0.6) is 17.2 Å². The average molecular weight is 529 g/mol. The zero-order chi connectivity index (χ0) is 27.4. The van der Waals surface area contributed by atoms with Gasteiger partial charge < -0.3 is 19.5 Å². The molecule has 1 aliphatic heterocycles. The molecule has 3 aromatic carbocycles. The summed E-state index contributed by atoms with van der Waals surface area (Å²) < 4.78 is 16.8. The molecule has 1 atom stereocenters. The topological polar surface area (TPSA) is 77.1 Å². The predicted octanol–water partition coefficient (Wildman–Crippen LogP) is 5.92. The largest absolute Gasteiger partial charge is 0.497 e. The lowest BCUT2D eigenvalue weighted by molar-refractivity contribution is -0.123. The van der Waals surface area contributed by atoms with Crippen LogP contribution >= 0.6 is 0 Å². The molecule has 1 heterocycles. The second-order valence-electron chi connectivity index (χ2n) is 10.3. The van der Waals surface area contributed by atoms with Crippen LogP contribution in [-0.4, -0.2) is 38.2 Å². The Kier molecular flexibility index (Phi) is 8.05. The maximum absolute atomic E-state index is 14.4. The summed E-state index contributed by atoms with van der Waals surface area (Å²) in [6.45, 7) is 4.87. The van der Waals surface area contributed by atoms with Crippen molar-refractivity contribution in [1.29, 1.82) is 0 Å². The number of fused-ring (bicyclic) bond motifs is 1. The number of carbonyl (C=O) groups is 2. The van der Waals surface area contributed by atoms with Crippen LogP contribution in [0.4, 0.5) is 5.69 Å². The third-order valence-corrected chi connectivity index (χ3v) is 7.51. The van der Waals surface area contributed by atoms with Gasteiger partial charge in [-0.3, -0.25) is 14.5 Å². The van der Waals surface area contributed by atoms with Crippen LogP contribution < -0.4 is 24.4 Å². The predicted molar refractivity (Wildman–Crippen MR) is 151 cm³/mol. The highest BCUT2D eigenvalue weighted by atomic mass is 16.6. The third-order valence-electron chi connectivity index (χ3n) is 7.51. The molecule has 3 aromatic rings. The number of anilines is 1. The number of nitrogens with zero attached hydrogens (tertiary/aromatic N) is 1. The van der Waals surface area contributed by atoms with Gasteiger partial charge in [0.2, 0.25) is 5.91 Å². The van der Waals surface area contributed by atoms with Gasteiger partial charge in [0, 0.05) is 17.3 Å². The Bertz CT molecular complexity index is 1330. The molecule has 1 saturated carbocycles. The van der Waals surface area contributed by atoms with Crippen molar-refractivity contribution in [2.75, 3.05) is 25.2 Å². The van der Waals surface area contributed by atoms with E-state index in [1.807, 2.05) is 56.3 Å². The van der Waals surface area contributed by atoms with E-state index < -0.39 is 6.04 Å². The van der Waals surface area contributed by atoms with Gasteiger partial charge >= 0.3 is 0 Å². The van der Waals surface area contributed by atoms with Gasteiger partial charge in [0.1, 0.15) is 25.0 Å². The molecule has 204 valence electrons. The number of methoxy groups -OCH3 is 1. The quantitative estimate of drug-likeness (QED) is 0.412. The second-order valence-corrected chi connectivity index (χ2v) is 10.3. The van der Waals surface area contributed by atoms with Gasteiger partial charge in [0.15, 0.2) is 11.5 Å². The second kappa shape index (κ2) is 11.8. The minimum absolute atomic E-state index is 0.0948. The molecule has 0 radical (unpaired) electrons. The van der Waals surface area contributed by atoms with Crippen molar-refractivity contribution in [3.63, 3.8) is 0 Å². The Labute approximate surface area is 230 Å². The van der Waals surface area contributed by atoms with Gasteiger partial charge in [0.25, 0.3) is 5.91 Å². The molecule has 2 aliphatic rings. The lowest BCUT2D eigenvalue weighted by Crippen LogP contribution is -2.47. The number of carbonyl (C=O) groups excluding carboxylic acids is 2. The van der Waals surface area contributed by atoms with E-state index >= 15 is 0 Å². The van der Waals surface area contributed by atoms with Crippen LogP contribution in [-0.2, 0) is 4.79 Å². The van der Waals surface area contributed by atoms with Crippen LogP contribution in [0.15, 0.2) is 60.7 Å². The summed E-state index contributed by atoms with van der Waals surface area (Å²) >= 11 is 0. The van der Waals surface area contributed by atoms with E-state index in [0.717, 1.165) is 36.8 Å². The number of ether oxygens (including phenoxy) is 3. The van der Waals surface area contributed by atoms with Gasteiger partial charge in [-0.25, -0.2) is 0 Å². The van der Waals surface area contributed by atoms with Gasteiger partial charge in [-0.05, 0) is 74.2 Å². The minimum Gasteiger partial charge on any atom is -0.497 e. The Balaban J connectivity index is 1.61. The smallest absolute Gasteiger partial charge is 0.259 e. The van der Waals surface area contributed by atoms with Crippen molar-refractivity contribution in [1.82, 2.24) is 5.32 Å². The first-order valence-electron chi connectivity index (χ1n) is 13.7. The lowest BCUT2D eigenvalue weighted by Gasteiger charge is -2.34. The maximum atomic E-state index is 14.4. The molecule has 1 fully saturated rings. The molecule has 1 N–H and O–H groups in total. The van der Waals surface area contributed by atoms with Crippen LogP contribution in [0.2, 0.25) is 0 Å². The molecule has 39 heavy (non-hydrogen) atoms. The molecule has 0 saturated heterocycles. The molecule has 0 bridgehead atoms. The molecule has 0 aromatic heterocycles. The Morgan fingerprint density at radius 2 is 1.62 bits per heavy atom. The number of benzene rings is 3. The number of aryl methyl sites for hydroxylation is 2. The number of hydrogen-bond acceptors (Lipinski definition) is 5. The van der Waals surface area contributed by atoms with E-state index in [-0.39, 0.29) is 17.9 Å². The summed E-state index contributed by atoms with van der Waals surface area (Å²) in [7, 11) is 1.61. The average Bonchev–Trinajstić information content (AvgIpc) is 2.96. The number of amides is 2. The van der Waals surface area contributed by atoms with Crippen molar-refractivity contribution in [3.05, 3.63) is 82.9 Å². The zero-order valence-electron chi connectivity index (χ0n) is 22.9. The standard InChI is InChI=1S/C32H36N2O5/c1-21-9-15-27(22(2)19-21)34(32(36)24-12-16-28-29(20-24)39-18-17-38-28)30(23-10-13-26(37-3)14-11-23)31(35)33-25-7-5-4-6-8-25/h9-16,19-20,25,30H,4-8,17-18H2,1-3H3,(H,33,35). The van der Waals surface area contributed by atoms with Crippen LogP contribution in [0.1, 0.15) is 65.2 Å². The van der Waals surface area contributed by atoms with Crippen LogP contribution in [0.25, 0.3) is 0 Å². The first-order chi connectivity index (χ1) is 18.9. The van der Waals surface area contributed by atoms with Gasteiger partial charge in [-0.1, -0.05) is 49.1 Å². The third kappa shape index (κ3) is 5.87. The fraction of sp³-hybridized carbons (Fsp3) is 0.375. The van der Waals surface area contributed by atoms with E-state index in [1.165, 1.54) is 6.42 Å².